The van der Waals surface area contributed by atoms with Crippen LogP contribution in [0, 0.1) is 0 Å². The maximum Gasteiger partial charge on any atom is 0.126 e. The van der Waals surface area contributed by atoms with Gasteiger partial charge in [-0.15, -0.1) is 0 Å². The van der Waals surface area contributed by atoms with Crippen LogP contribution in [0.2, 0.25) is 0 Å². The number of anilines is 1. The number of nitrogens with zero attached hydrogens (tertiary/aromatic N) is 1. The second kappa shape index (κ2) is 7.66. The highest BCUT2D eigenvalue weighted by molar-refractivity contribution is 6.03. The summed E-state index contributed by atoms with van der Waals surface area (Å²) in [6.45, 7) is 11.4. The number of allylic oxidation sites excluding steroid dienone is 2. The molecule has 0 saturated heterocycles. The second-order valence-corrected chi connectivity index (χ2v) is 6.17. The number of hydrogen-bond acceptors (Lipinski definition) is 3. The molecule has 0 bridgehead atoms. The van der Waals surface area contributed by atoms with Crippen molar-refractivity contribution in [3.63, 3.8) is 0 Å². The predicted octanol–water partition coefficient (Wildman–Crippen LogP) is 4.51. The van der Waals surface area contributed by atoms with Crippen LogP contribution in [0.15, 0.2) is 65.2 Å². The molecule has 0 amide bonds. The van der Waals surface area contributed by atoms with Gasteiger partial charge in [0.05, 0.1) is 11.8 Å². The molecule has 0 radical (unpaired) electrons. The Balaban J connectivity index is 0.000000880. The number of rotatable bonds is 3. The van der Waals surface area contributed by atoms with E-state index in [9.17, 15) is 0 Å². The molecule has 2 N–H and O–H groups in total. The monoisotopic (exact) mass is 333 g/mol. The van der Waals surface area contributed by atoms with Crippen LogP contribution in [0.3, 0.4) is 0 Å². The highest BCUT2D eigenvalue weighted by Crippen LogP contribution is 2.32. The Morgan fingerprint density at radius 2 is 2.12 bits per heavy atom. The van der Waals surface area contributed by atoms with Gasteiger partial charge in [-0.25, -0.2) is 0 Å². The number of hydrogen-bond donors (Lipinski definition) is 2. The molecule has 1 heterocycles. The Bertz CT molecular complexity index is 780. The van der Waals surface area contributed by atoms with Crippen LogP contribution in [0.25, 0.3) is 6.08 Å². The summed E-state index contributed by atoms with van der Waals surface area (Å²) in [4.78, 5) is 4.83. The topological polar surface area (TPSA) is 36.4 Å². The lowest BCUT2D eigenvalue weighted by Crippen LogP contribution is -2.35. The summed E-state index contributed by atoms with van der Waals surface area (Å²) in [6.07, 6.45) is 11.5. The summed E-state index contributed by atoms with van der Waals surface area (Å²) < 4.78 is 0. The lowest BCUT2D eigenvalue weighted by molar-refractivity contribution is 0.643. The van der Waals surface area contributed by atoms with Gasteiger partial charge in [-0.2, -0.15) is 0 Å². The first-order valence-electron chi connectivity index (χ1n) is 9.20. The summed E-state index contributed by atoms with van der Waals surface area (Å²) in [5.74, 6) is 0. The summed E-state index contributed by atoms with van der Waals surface area (Å²) in [5.41, 5.74) is 7.25. The molecule has 0 saturated carbocycles. The van der Waals surface area contributed by atoms with E-state index in [1.54, 1.807) is 0 Å². The average Bonchev–Trinajstić information content (AvgIpc) is 3.07. The first-order chi connectivity index (χ1) is 12.2. The zero-order valence-electron chi connectivity index (χ0n) is 15.3. The van der Waals surface area contributed by atoms with Crippen LogP contribution < -0.4 is 10.6 Å². The fourth-order valence-corrected chi connectivity index (χ4v) is 3.40. The molecule has 0 aromatic heterocycles. The molecule has 1 aromatic rings. The van der Waals surface area contributed by atoms with Gasteiger partial charge in [0.15, 0.2) is 0 Å². The summed E-state index contributed by atoms with van der Waals surface area (Å²) in [7, 11) is 0. The van der Waals surface area contributed by atoms with Crippen molar-refractivity contribution in [3.05, 3.63) is 71.4 Å². The smallest absolute Gasteiger partial charge is 0.126 e. The van der Waals surface area contributed by atoms with Gasteiger partial charge in [0.25, 0.3) is 0 Å². The number of fused-ring (bicyclic) bond motifs is 2. The molecular formula is C22H27N3. The van der Waals surface area contributed by atoms with Crippen LogP contribution >= 0.6 is 0 Å². The van der Waals surface area contributed by atoms with E-state index >= 15 is 0 Å². The molecule has 130 valence electrons. The SMILES string of the molecule is C=C1Cc2cc(NCC)ccc2C=C1C1N=C2C=CC=CC2N1.CC. The minimum absolute atomic E-state index is 0.0106. The predicted molar refractivity (Wildman–Crippen MR) is 109 cm³/mol. The van der Waals surface area contributed by atoms with E-state index in [1.807, 2.05) is 19.9 Å². The van der Waals surface area contributed by atoms with Gasteiger partial charge in [-0.05, 0) is 59.9 Å². The van der Waals surface area contributed by atoms with Gasteiger partial charge in [-0.3, -0.25) is 10.3 Å². The quantitative estimate of drug-likeness (QED) is 0.854. The Labute approximate surface area is 150 Å². The summed E-state index contributed by atoms with van der Waals surface area (Å²) in [5, 5.41) is 6.95. The lowest BCUT2D eigenvalue weighted by atomic mass is 9.87. The third-order valence-electron chi connectivity index (χ3n) is 4.56. The maximum absolute atomic E-state index is 4.83. The van der Waals surface area contributed by atoms with Crippen LogP contribution in [0.4, 0.5) is 5.69 Å². The zero-order chi connectivity index (χ0) is 17.8. The molecule has 3 heteroatoms. The first-order valence-corrected chi connectivity index (χ1v) is 9.20. The van der Waals surface area contributed by atoms with Gasteiger partial charge >= 0.3 is 0 Å². The highest BCUT2D eigenvalue weighted by Gasteiger charge is 2.29. The van der Waals surface area contributed by atoms with Crippen molar-refractivity contribution >= 4 is 17.5 Å². The van der Waals surface area contributed by atoms with Crippen molar-refractivity contribution in [1.82, 2.24) is 5.32 Å². The van der Waals surface area contributed by atoms with Gasteiger partial charge in [0, 0.05) is 12.2 Å². The van der Waals surface area contributed by atoms with E-state index in [4.69, 9.17) is 4.99 Å². The molecule has 3 nitrogen and oxygen atoms in total. The summed E-state index contributed by atoms with van der Waals surface area (Å²) in [6, 6.07) is 6.80. The largest absolute Gasteiger partial charge is 0.385 e. The lowest BCUT2D eigenvalue weighted by Gasteiger charge is -2.23. The van der Waals surface area contributed by atoms with Crippen LogP contribution in [-0.2, 0) is 6.42 Å². The van der Waals surface area contributed by atoms with Crippen molar-refractivity contribution < 1.29 is 0 Å². The van der Waals surface area contributed by atoms with Crippen molar-refractivity contribution in [2.75, 3.05) is 11.9 Å². The van der Waals surface area contributed by atoms with E-state index < -0.39 is 0 Å². The molecule has 4 rings (SSSR count). The first kappa shape index (κ1) is 17.4. The van der Waals surface area contributed by atoms with E-state index in [2.05, 4.69) is 66.6 Å². The molecule has 2 aliphatic carbocycles. The minimum atomic E-state index is 0.0106. The Morgan fingerprint density at radius 3 is 2.88 bits per heavy atom. The van der Waals surface area contributed by atoms with Gasteiger partial charge in [-0.1, -0.05) is 44.7 Å². The molecule has 25 heavy (non-hydrogen) atoms. The van der Waals surface area contributed by atoms with Gasteiger partial charge in [0.1, 0.15) is 6.17 Å². The molecular weight excluding hydrogens is 306 g/mol. The molecule has 0 spiro atoms. The number of nitrogens with one attached hydrogen (secondary N) is 2. The fourth-order valence-electron chi connectivity index (χ4n) is 3.40. The molecule has 1 aromatic carbocycles. The zero-order valence-corrected chi connectivity index (χ0v) is 15.3. The Kier molecular flexibility index (Phi) is 5.34. The second-order valence-electron chi connectivity index (χ2n) is 6.17. The summed E-state index contributed by atoms with van der Waals surface area (Å²) >= 11 is 0. The third kappa shape index (κ3) is 3.52. The van der Waals surface area contributed by atoms with Gasteiger partial charge in [0.2, 0.25) is 0 Å². The van der Waals surface area contributed by atoms with Crippen molar-refractivity contribution in [1.29, 1.82) is 0 Å². The van der Waals surface area contributed by atoms with Crippen LogP contribution in [0.5, 0.6) is 0 Å². The fraction of sp³-hybridized carbons (Fsp3) is 0.318. The number of aliphatic imine (C=N–C) groups is 1. The van der Waals surface area contributed by atoms with Crippen LogP contribution in [-0.4, -0.2) is 24.5 Å². The third-order valence-corrected chi connectivity index (χ3v) is 4.56. The molecule has 2 unspecified atom stereocenters. The Morgan fingerprint density at radius 1 is 1.28 bits per heavy atom. The average molecular weight is 333 g/mol. The van der Waals surface area contributed by atoms with Crippen molar-refractivity contribution in [2.24, 2.45) is 4.99 Å². The minimum Gasteiger partial charge on any atom is -0.385 e. The van der Waals surface area contributed by atoms with E-state index in [0.29, 0.717) is 0 Å². The Hall–Kier alpha value is -2.39. The molecule has 0 fully saturated rings. The molecule has 1 aliphatic heterocycles. The normalized spacial score (nSPS) is 23.1. The van der Waals surface area contributed by atoms with Crippen molar-refractivity contribution in [3.8, 4) is 0 Å². The van der Waals surface area contributed by atoms with Crippen LogP contribution in [0.1, 0.15) is 31.9 Å². The van der Waals surface area contributed by atoms with Gasteiger partial charge < -0.3 is 5.32 Å². The maximum atomic E-state index is 4.83. The molecule has 3 aliphatic rings. The van der Waals surface area contributed by atoms with Crippen molar-refractivity contribution in [2.45, 2.75) is 39.4 Å². The standard InChI is InChI=1S/C20H21N3.C2H6/c1-3-21-16-9-8-14-12-17(13(2)10-15(14)11-16)20-22-18-6-4-5-7-19(18)23-20;1-2/h4-9,11-12,18,20-22H,2-3,10H2,1H3;1-2H3. The van der Waals surface area contributed by atoms with E-state index in [-0.39, 0.29) is 12.2 Å². The number of benzene rings is 1. The highest BCUT2D eigenvalue weighted by atomic mass is 15.2. The van der Waals surface area contributed by atoms with E-state index in [0.717, 1.165) is 24.3 Å². The van der Waals surface area contributed by atoms with E-state index in [1.165, 1.54) is 22.4 Å². The molecule has 2 atom stereocenters.